The lowest BCUT2D eigenvalue weighted by Crippen LogP contribution is -2.38. The highest BCUT2D eigenvalue weighted by Gasteiger charge is 2.47. The van der Waals surface area contributed by atoms with Crippen LogP contribution in [0.4, 0.5) is 5.69 Å². The molecule has 1 atom stereocenters. The lowest BCUT2D eigenvalue weighted by atomic mass is 10.00. The number of para-hydroxylation sites is 1. The van der Waals surface area contributed by atoms with Crippen molar-refractivity contribution >= 4 is 5.69 Å². The number of aromatic nitrogens is 2. The molecule has 0 saturated carbocycles. The first-order valence-electron chi connectivity index (χ1n) is 9.08. The van der Waals surface area contributed by atoms with E-state index in [-0.39, 0.29) is 0 Å². The molecular weight excluding hydrogens is 338 g/mol. The van der Waals surface area contributed by atoms with E-state index in [9.17, 15) is 0 Å². The van der Waals surface area contributed by atoms with Crippen molar-refractivity contribution in [3.63, 3.8) is 0 Å². The second kappa shape index (κ2) is 5.39. The third kappa shape index (κ3) is 2.28. The third-order valence-corrected chi connectivity index (χ3v) is 5.24. The molecule has 136 valence electrons. The molecule has 0 amide bonds. The molecule has 3 aromatic rings. The first kappa shape index (κ1) is 16.0. The Balaban J connectivity index is 1.69. The van der Waals surface area contributed by atoms with E-state index in [1.54, 1.807) is 0 Å². The van der Waals surface area contributed by atoms with Crippen LogP contribution in [-0.2, 0) is 5.72 Å². The summed E-state index contributed by atoms with van der Waals surface area (Å²) < 4.78 is 14.4. The van der Waals surface area contributed by atoms with Crippen LogP contribution in [0.5, 0.6) is 11.6 Å². The van der Waals surface area contributed by atoms with Crippen molar-refractivity contribution in [1.82, 2.24) is 9.78 Å². The van der Waals surface area contributed by atoms with Gasteiger partial charge in [0.2, 0.25) is 11.6 Å². The molecule has 0 saturated heterocycles. The fraction of sp³-hybridized carbons (Fsp3) is 0.227. The van der Waals surface area contributed by atoms with Crippen LogP contribution in [0.3, 0.4) is 0 Å². The summed E-state index contributed by atoms with van der Waals surface area (Å²) >= 11 is 0. The van der Waals surface area contributed by atoms with Gasteiger partial charge in [-0.25, -0.2) is 4.68 Å². The maximum absolute atomic E-state index is 6.48. The van der Waals surface area contributed by atoms with Crippen LogP contribution in [0.2, 0.25) is 0 Å². The number of aryl methyl sites for hydroxylation is 3. The van der Waals surface area contributed by atoms with Gasteiger partial charge >= 0.3 is 0 Å². The molecule has 0 unspecified atom stereocenters. The summed E-state index contributed by atoms with van der Waals surface area (Å²) in [6.45, 7) is 8.13. The molecule has 0 radical (unpaired) electrons. The molecule has 2 aliphatic heterocycles. The highest BCUT2D eigenvalue weighted by Crippen LogP contribution is 2.50. The first-order chi connectivity index (χ1) is 13.0. The zero-order chi connectivity index (χ0) is 18.8. The predicted molar refractivity (Wildman–Crippen MR) is 105 cm³/mol. The summed E-state index contributed by atoms with van der Waals surface area (Å²) in [5.74, 6) is 2.31. The smallest absolute Gasteiger partial charge is 0.237 e. The third-order valence-electron chi connectivity index (χ3n) is 5.24. The minimum atomic E-state index is -0.808. The summed E-state index contributed by atoms with van der Waals surface area (Å²) in [6.07, 6.45) is 1.99. The Labute approximate surface area is 158 Å². The number of ether oxygens (including phenoxy) is 2. The van der Waals surface area contributed by atoms with E-state index in [0.29, 0.717) is 5.88 Å². The van der Waals surface area contributed by atoms with Crippen LogP contribution in [0.25, 0.3) is 5.69 Å². The zero-order valence-electron chi connectivity index (χ0n) is 15.8. The van der Waals surface area contributed by atoms with Gasteiger partial charge in [-0.2, -0.15) is 5.10 Å². The number of nitrogens with one attached hydrogen (secondary N) is 1. The van der Waals surface area contributed by atoms with Gasteiger partial charge in [0.05, 0.1) is 17.1 Å². The topological polar surface area (TPSA) is 48.3 Å². The van der Waals surface area contributed by atoms with E-state index in [2.05, 4.69) is 31.3 Å². The van der Waals surface area contributed by atoms with Gasteiger partial charge in [-0.05, 0) is 63.1 Å². The minimum Gasteiger partial charge on any atom is -0.458 e. The van der Waals surface area contributed by atoms with Crippen LogP contribution in [-0.4, -0.2) is 9.78 Å². The van der Waals surface area contributed by atoms with Gasteiger partial charge in [-0.15, -0.1) is 0 Å². The number of benzene rings is 2. The maximum atomic E-state index is 6.48. The molecule has 0 fully saturated rings. The quantitative estimate of drug-likeness (QED) is 0.681. The van der Waals surface area contributed by atoms with Crippen molar-refractivity contribution in [3.05, 3.63) is 76.7 Å². The number of anilines is 1. The number of fused-ring (bicyclic) bond motifs is 3. The molecule has 1 N–H and O–H groups in total. The zero-order valence-corrected chi connectivity index (χ0v) is 15.8. The molecule has 0 aliphatic carbocycles. The molecule has 5 nitrogen and oxygen atoms in total. The van der Waals surface area contributed by atoms with E-state index in [1.165, 1.54) is 11.1 Å². The SMILES string of the molecule is CC1=C[C@@]2(Nc3cc(C)c(C)cc3O2)c2c(C)nn(-c3ccccc3)c2O1. The van der Waals surface area contributed by atoms with Gasteiger partial charge in [-0.3, -0.25) is 0 Å². The second-order valence-corrected chi connectivity index (χ2v) is 7.27. The molecule has 2 aliphatic rings. The van der Waals surface area contributed by atoms with Gasteiger partial charge in [0.1, 0.15) is 17.1 Å². The van der Waals surface area contributed by atoms with Crippen LogP contribution >= 0.6 is 0 Å². The number of hydrogen-bond acceptors (Lipinski definition) is 4. The lowest BCUT2D eigenvalue weighted by Gasteiger charge is -2.31. The highest BCUT2D eigenvalue weighted by atomic mass is 16.5. The molecule has 27 heavy (non-hydrogen) atoms. The van der Waals surface area contributed by atoms with Crippen molar-refractivity contribution in [2.75, 3.05) is 5.32 Å². The fourth-order valence-electron chi connectivity index (χ4n) is 3.86. The van der Waals surface area contributed by atoms with E-state index < -0.39 is 5.72 Å². The standard InChI is InChI=1S/C22H21N3O2/c1-13-10-18-19(11-14(13)2)27-22(23-18)12-15(3)26-21-20(22)16(4)24-25(21)17-8-6-5-7-9-17/h5-12,23H,1-4H3/t22-/m0/s1. The Morgan fingerprint density at radius 1 is 1.00 bits per heavy atom. The summed E-state index contributed by atoms with van der Waals surface area (Å²) in [6, 6.07) is 14.2. The number of nitrogens with zero attached hydrogens (tertiary/aromatic N) is 2. The molecular formula is C22H21N3O2. The van der Waals surface area contributed by atoms with Gasteiger partial charge in [0.25, 0.3) is 0 Å². The van der Waals surface area contributed by atoms with E-state index >= 15 is 0 Å². The van der Waals surface area contributed by atoms with Crippen molar-refractivity contribution in [3.8, 4) is 17.3 Å². The largest absolute Gasteiger partial charge is 0.458 e. The summed E-state index contributed by atoms with van der Waals surface area (Å²) in [5, 5.41) is 8.33. The van der Waals surface area contributed by atoms with Crippen molar-refractivity contribution < 1.29 is 9.47 Å². The average molecular weight is 359 g/mol. The first-order valence-corrected chi connectivity index (χ1v) is 9.08. The second-order valence-electron chi connectivity index (χ2n) is 7.27. The fourth-order valence-corrected chi connectivity index (χ4v) is 3.86. The molecule has 3 heterocycles. The monoisotopic (exact) mass is 359 g/mol. The van der Waals surface area contributed by atoms with Gasteiger partial charge in [-0.1, -0.05) is 18.2 Å². The number of rotatable bonds is 1. The Kier molecular flexibility index (Phi) is 3.20. The van der Waals surface area contributed by atoms with Gasteiger partial charge in [0, 0.05) is 6.08 Å². The van der Waals surface area contributed by atoms with Crippen LogP contribution in [0, 0.1) is 20.8 Å². The van der Waals surface area contributed by atoms with E-state index in [0.717, 1.165) is 34.1 Å². The van der Waals surface area contributed by atoms with Crippen LogP contribution < -0.4 is 14.8 Å². The summed E-state index contributed by atoms with van der Waals surface area (Å²) in [7, 11) is 0. The molecule has 1 spiro atoms. The van der Waals surface area contributed by atoms with Gasteiger partial charge in [0.15, 0.2) is 0 Å². The molecule has 2 aromatic carbocycles. The highest BCUT2D eigenvalue weighted by molar-refractivity contribution is 5.68. The molecule has 5 heteroatoms. The summed E-state index contributed by atoms with van der Waals surface area (Å²) in [4.78, 5) is 0. The van der Waals surface area contributed by atoms with E-state index in [4.69, 9.17) is 14.6 Å². The Morgan fingerprint density at radius 2 is 1.74 bits per heavy atom. The molecule has 1 aromatic heterocycles. The lowest BCUT2D eigenvalue weighted by molar-refractivity contribution is 0.153. The average Bonchev–Trinajstić information content (AvgIpc) is 3.14. The number of hydrogen-bond donors (Lipinski definition) is 1. The van der Waals surface area contributed by atoms with Crippen molar-refractivity contribution in [2.45, 2.75) is 33.4 Å². The van der Waals surface area contributed by atoms with Gasteiger partial charge < -0.3 is 14.8 Å². The Hall–Kier alpha value is -3.21. The predicted octanol–water partition coefficient (Wildman–Crippen LogP) is 4.75. The maximum Gasteiger partial charge on any atom is 0.237 e. The van der Waals surface area contributed by atoms with Crippen molar-refractivity contribution in [1.29, 1.82) is 0 Å². The normalized spacial score (nSPS) is 19.6. The molecule has 5 rings (SSSR count). The molecule has 0 bridgehead atoms. The van der Waals surface area contributed by atoms with Crippen LogP contribution in [0.15, 0.2) is 54.3 Å². The van der Waals surface area contributed by atoms with E-state index in [1.807, 2.05) is 54.9 Å². The Morgan fingerprint density at radius 3 is 2.52 bits per heavy atom. The number of allylic oxidation sites excluding steroid dienone is 1. The summed E-state index contributed by atoms with van der Waals surface area (Å²) in [5.41, 5.74) is 5.34. The minimum absolute atomic E-state index is 0.687. The van der Waals surface area contributed by atoms with Crippen LogP contribution in [0.1, 0.15) is 29.3 Å². The van der Waals surface area contributed by atoms with Crippen molar-refractivity contribution in [2.24, 2.45) is 0 Å². The Bertz CT molecular complexity index is 1070.